The zero-order valence-electron chi connectivity index (χ0n) is 27.1. The Bertz CT molecular complexity index is 1140. The maximum absolute atomic E-state index is 7.26. The lowest BCUT2D eigenvalue weighted by atomic mass is 9.78. The second-order valence-corrected chi connectivity index (χ2v) is 17.2. The lowest BCUT2D eigenvalue weighted by Crippen LogP contribution is -2.44. The van der Waals surface area contributed by atoms with Crippen molar-refractivity contribution in [2.24, 2.45) is 0 Å². The summed E-state index contributed by atoms with van der Waals surface area (Å²) in [6, 6.07) is 19.8. The van der Waals surface area contributed by atoms with Gasteiger partial charge in [-0.1, -0.05) is 149 Å². The molecule has 3 heteroatoms. The molecule has 0 heterocycles. The number of hydrogen-bond donors (Lipinski definition) is 0. The summed E-state index contributed by atoms with van der Waals surface area (Å²) in [6.45, 7) is 31.7. The van der Waals surface area contributed by atoms with Crippen LogP contribution in [-0.4, -0.2) is 14.8 Å². The minimum atomic E-state index is -2.48. The number of rotatable bonds is 5. The van der Waals surface area contributed by atoms with Crippen molar-refractivity contribution in [1.82, 2.24) is 0 Å². The first-order valence-corrected chi connectivity index (χ1v) is 15.9. The molecule has 3 rings (SSSR count). The lowest BCUT2D eigenvalue weighted by molar-refractivity contribution is 0.399. The van der Waals surface area contributed by atoms with Gasteiger partial charge in [0.25, 0.3) is 0 Å². The molecule has 0 unspecified atom stereocenters. The molecule has 3 aromatic rings. The predicted molar refractivity (Wildman–Crippen MR) is 170 cm³/mol. The average molecular weight is 543 g/mol. The monoisotopic (exact) mass is 542 g/mol. The zero-order chi connectivity index (χ0) is 29.6. The second kappa shape index (κ2) is 11.0. The molecule has 0 aliphatic heterocycles. The molecule has 0 aliphatic carbocycles. The van der Waals surface area contributed by atoms with Crippen LogP contribution in [-0.2, 0) is 21.7 Å². The van der Waals surface area contributed by atoms with Crippen LogP contribution < -0.4 is 12.0 Å². The van der Waals surface area contributed by atoms with Crippen molar-refractivity contribution in [2.45, 2.75) is 119 Å². The highest BCUT2D eigenvalue weighted by molar-refractivity contribution is 6.62. The third-order valence-corrected chi connectivity index (χ3v) is 9.05. The molecule has 0 fully saturated rings. The summed E-state index contributed by atoms with van der Waals surface area (Å²) in [4.78, 5) is 0. The molecule has 0 spiro atoms. The van der Waals surface area contributed by atoms with Crippen molar-refractivity contribution >= 4 is 19.2 Å². The van der Waals surface area contributed by atoms with Gasteiger partial charge in [-0.15, -0.1) is 0 Å². The SMILES string of the molecule is Cc1cc(C(C)(C)C)c([O][Al]([O]c2c(C(C)(C)C)cc(C)cc2C(C)(C)C)[c]2ccccc2)c(C(C)(C)C)c1. The summed E-state index contributed by atoms with van der Waals surface area (Å²) in [6.07, 6.45) is 0. The molecule has 0 bridgehead atoms. The van der Waals surface area contributed by atoms with Gasteiger partial charge in [-0.2, -0.15) is 0 Å². The van der Waals surface area contributed by atoms with E-state index in [1.807, 2.05) is 0 Å². The number of hydrogen-bond acceptors (Lipinski definition) is 2. The first-order chi connectivity index (χ1) is 17.7. The van der Waals surface area contributed by atoms with E-state index in [1.165, 1.54) is 33.4 Å². The number of benzene rings is 3. The fraction of sp³-hybridized carbons (Fsp3) is 0.500. The molecule has 0 aromatic heterocycles. The van der Waals surface area contributed by atoms with Gasteiger partial charge < -0.3 is 7.58 Å². The van der Waals surface area contributed by atoms with Gasteiger partial charge in [-0.25, -0.2) is 0 Å². The molecule has 3 aromatic carbocycles. The molecule has 0 amide bonds. The molecule has 2 nitrogen and oxygen atoms in total. The van der Waals surface area contributed by atoms with Crippen molar-refractivity contribution in [1.29, 1.82) is 0 Å². The average Bonchev–Trinajstić information content (AvgIpc) is 2.77. The lowest BCUT2D eigenvalue weighted by Gasteiger charge is -2.34. The highest BCUT2D eigenvalue weighted by Gasteiger charge is 2.41. The van der Waals surface area contributed by atoms with E-state index in [1.54, 1.807) is 0 Å². The van der Waals surface area contributed by atoms with Gasteiger partial charge in [0.1, 0.15) is 0 Å². The van der Waals surface area contributed by atoms with Gasteiger partial charge in [0, 0.05) is 0 Å². The van der Waals surface area contributed by atoms with Crippen molar-refractivity contribution in [3.05, 3.63) is 88.0 Å². The highest BCUT2D eigenvalue weighted by atomic mass is 27.2. The van der Waals surface area contributed by atoms with E-state index in [9.17, 15) is 0 Å². The quantitative estimate of drug-likeness (QED) is 0.299. The minimum absolute atomic E-state index is 0.0754. The fourth-order valence-corrected chi connectivity index (χ4v) is 6.81. The summed E-state index contributed by atoms with van der Waals surface area (Å²) < 4.78 is 15.7. The van der Waals surface area contributed by atoms with Crippen molar-refractivity contribution in [2.75, 3.05) is 0 Å². The smallest absolute Gasteiger partial charge is 0.608 e. The Morgan fingerprint density at radius 2 is 0.744 bits per heavy atom. The molecule has 0 saturated heterocycles. The van der Waals surface area contributed by atoms with E-state index in [-0.39, 0.29) is 21.7 Å². The molecule has 39 heavy (non-hydrogen) atoms. The van der Waals surface area contributed by atoms with E-state index in [0.29, 0.717) is 0 Å². The summed E-state index contributed by atoms with van der Waals surface area (Å²) in [7, 11) is 0. The van der Waals surface area contributed by atoms with Gasteiger partial charge >= 0.3 is 14.8 Å². The Kier molecular flexibility index (Phi) is 8.83. The molecule has 0 radical (unpaired) electrons. The third kappa shape index (κ3) is 7.51. The van der Waals surface area contributed by atoms with Crippen LogP contribution >= 0.6 is 0 Å². The van der Waals surface area contributed by atoms with Crippen LogP contribution in [0.1, 0.15) is 116 Å². The molecular weight excluding hydrogens is 491 g/mol. The molecule has 0 saturated carbocycles. The van der Waals surface area contributed by atoms with Crippen LogP contribution in [0.15, 0.2) is 54.6 Å². The maximum Gasteiger partial charge on any atom is 0.901 e. The van der Waals surface area contributed by atoms with E-state index >= 15 is 0 Å². The van der Waals surface area contributed by atoms with E-state index in [2.05, 4.69) is 152 Å². The van der Waals surface area contributed by atoms with Gasteiger partial charge in [0.05, 0.1) is 11.5 Å². The Hall–Kier alpha value is -2.21. The van der Waals surface area contributed by atoms with Crippen molar-refractivity contribution in [3.63, 3.8) is 0 Å². The van der Waals surface area contributed by atoms with Gasteiger partial charge in [-0.3, -0.25) is 0 Å². The van der Waals surface area contributed by atoms with Gasteiger partial charge in [0.15, 0.2) is 0 Å². The maximum atomic E-state index is 7.26. The van der Waals surface area contributed by atoms with Crippen LogP contribution in [0.4, 0.5) is 0 Å². The summed E-state index contributed by atoms with van der Waals surface area (Å²) in [5.74, 6) is 1.98. The first-order valence-electron chi connectivity index (χ1n) is 14.4. The second-order valence-electron chi connectivity index (χ2n) is 15.4. The summed E-state index contributed by atoms with van der Waals surface area (Å²) in [5, 5.41) is 0. The van der Waals surface area contributed by atoms with Crippen molar-refractivity contribution in [3.8, 4) is 11.5 Å². The van der Waals surface area contributed by atoms with E-state index < -0.39 is 14.8 Å². The minimum Gasteiger partial charge on any atom is -0.608 e. The third-order valence-electron chi connectivity index (χ3n) is 7.22. The summed E-state index contributed by atoms with van der Waals surface area (Å²) in [5.41, 5.74) is 7.17. The van der Waals surface area contributed by atoms with E-state index in [0.717, 1.165) is 15.9 Å². The topological polar surface area (TPSA) is 18.5 Å². The van der Waals surface area contributed by atoms with Crippen LogP contribution in [0, 0.1) is 13.8 Å². The number of aryl methyl sites for hydroxylation is 2. The fourth-order valence-electron chi connectivity index (χ4n) is 5.01. The van der Waals surface area contributed by atoms with Crippen molar-refractivity contribution < 1.29 is 7.58 Å². The Morgan fingerprint density at radius 1 is 0.462 bits per heavy atom. The standard InChI is InChI=1S/2C15H24O.C6H5.Al/c2*1-10-8-11(14(2,3)4)13(16)12(9-10)15(5,6)7;1-2-4-6-5-3-1;/h2*8-9,16H,1-7H3;1-5H;/q;;;+2/p-2. The largest absolute Gasteiger partial charge is 0.901 e. The molecule has 210 valence electrons. The van der Waals surface area contributed by atoms with Crippen LogP contribution in [0.3, 0.4) is 0 Å². The first kappa shape index (κ1) is 31.3. The van der Waals surface area contributed by atoms with Crippen LogP contribution in [0.2, 0.25) is 0 Å². The van der Waals surface area contributed by atoms with Crippen LogP contribution in [0.25, 0.3) is 0 Å². The van der Waals surface area contributed by atoms with Gasteiger partial charge in [-0.05, 0) is 62.2 Å². The van der Waals surface area contributed by atoms with Crippen LogP contribution in [0.5, 0.6) is 11.5 Å². The molecular formula is C36H51AlO2. The van der Waals surface area contributed by atoms with Gasteiger partial charge in [0.2, 0.25) is 0 Å². The predicted octanol–water partition coefficient (Wildman–Crippen LogP) is 9.35. The summed E-state index contributed by atoms with van der Waals surface area (Å²) >= 11 is -2.48. The Labute approximate surface area is 244 Å². The van der Waals surface area contributed by atoms with E-state index in [4.69, 9.17) is 7.58 Å². The Balaban J connectivity index is 2.33. The zero-order valence-corrected chi connectivity index (χ0v) is 28.2. The normalized spacial score (nSPS) is 12.9. The molecule has 0 aliphatic rings. The highest BCUT2D eigenvalue weighted by Crippen LogP contribution is 2.43. The molecule has 0 N–H and O–H groups in total. The Morgan fingerprint density at radius 3 is 1.00 bits per heavy atom. The molecule has 0 atom stereocenters.